The van der Waals surface area contributed by atoms with Crippen molar-refractivity contribution < 1.29 is 0 Å². The molecular weight excluding hydrogens is 342 g/mol. The van der Waals surface area contributed by atoms with Crippen LogP contribution in [0.4, 0.5) is 0 Å². The number of aryl methyl sites for hydroxylation is 1. The Hall–Kier alpha value is -0.770. The monoisotopic (exact) mass is 363 g/mol. The highest BCUT2D eigenvalue weighted by molar-refractivity contribution is 9.10. The van der Waals surface area contributed by atoms with Crippen molar-refractivity contribution in [2.45, 2.75) is 37.3 Å². The maximum atomic E-state index is 6.37. The summed E-state index contributed by atoms with van der Waals surface area (Å²) in [5.74, 6) is 0.987. The van der Waals surface area contributed by atoms with Gasteiger partial charge in [0, 0.05) is 21.5 Å². The summed E-state index contributed by atoms with van der Waals surface area (Å²) in [6, 6.07) is 17.3. The Bertz CT molecular complexity index is 585. The van der Waals surface area contributed by atoms with Gasteiger partial charge in [0.1, 0.15) is 0 Å². The number of nitrogens with two attached hydrogens (primary N) is 1. The summed E-state index contributed by atoms with van der Waals surface area (Å²) in [5, 5.41) is 0.311. The van der Waals surface area contributed by atoms with Crippen LogP contribution in [0, 0.1) is 6.92 Å². The van der Waals surface area contributed by atoms with Crippen molar-refractivity contribution in [3.8, 4) is 0 Å². The molecule has 2 aromatic carbocycles. The molecule has 3 heteroatoms. The van der Waals surface area contributed by atoms with Gasteiger partial charge in [-0.3, -0.25) is 0 Å². The Balaban J connectivity index is 2.16. The largest absolute Gasteiger partial charge is 0.326 e. The van der Waals surface area contributed by atoms with E-state index in [4.69, 9.17) is 5.73 Å². The lowest BCUT2D eigenvalue weighted by molar-refractivity contribution is 0.632. The van der Waals surface area contributed by atoms with E-state index < -0.39 is 0 Å². The predicted molar refractivity (Wildman–Crippen MR) is 97.6 cm³/mol. The molecule has 0 saturated heterocycles. The molecule has 0 fully saturated rings. The fraction of sp³-hybridized carbons (Fsp3) is 0.333. The Morgan fingerprint density at radius 2 is 1.90 bits per heavy atom. The molecule has 1 nitrogen and oxygen atoms in total. The molecule has 0 aliphatic heterocycles. The maximum Gasteiger partial charge on any atom is 0.0462 e. The van der Waals surface area contributed by atoms with Gasteiger partial charge in [0.15, 0.2) is 0 Å². The van der Waals surface area contributed by atoms with E-state index in [0.717, 1.165) is 16.6 Å². The number of hydrogen-bond donors (Lipinski definition) is 1. The molecule has 0 aliphatic carbocycles. The van der Waals surface area contributed by atoms with Crippen LogP contribution >= 0.6 is 27.7 Å². The molecule has 2 N–H and O–H groups in total. The fourth-order valence-electron chi connectivity index (χ4n) is 2.35. The van der Waals surface area contributed by atoms with Gasteiger partial charge in [0.2, 0.25) is 0 Å². The third kappa shape index (κ3) is 4.60. The van der Waals surface area contributed by atoms with E-state index in [2.05, 4.69) is 72.2 Å². The van der Waals surface area contributed by atoms with E-state index in [1.165, 1.54) is 16.7 Å². The van der Waals surface area contributed by atoms with Gasteiger partial charge in [0.05, 0.1) is 0 Å². The van der Waals surface area contributed by atoms with Crippen LogP contribution in [0.1, 0.15) is 35.3 Å². The summed E-state index contributed by atoms with van der Waals surface area (Å²) in [7, 11) is 0. The summed E-state index contributed by atoms with van der Waals surface area (Å²) >= 11 is 5.59. The second-order valence-electron chi connectivity index (χ2n) is 5.31. The average Bonchev–Trinajstić information content (AvgIpc) is 2.49. The Morgan fingerprint density at radius 1 is 1.14 bits per heavy atom. The van der Waals surface area contributed by atoms with E-state index in [-0.39, 0.29) is 6.04 Å². The van der Waals surface area contributed by atoms with E-state index in [0.29, 0.717) is 5.25 Å². The highest BCUT2D eigenvalue weighted by atomic mass is 79.9. The zero-order valence-corrected chi connectivity index (χ0v) is 15.0. The Morgan fingerprint density at radius 3 is 2.57 bits per heavy atom. The normalized spacial score (nSPS) is 13.9. The molecule has 0 heterocycles. The van der Waals surface area contributed by atoms with Crippen molar-refractivity contribution in [3.63, 3.8) is 0 Å². The average molecular weight is 364 g/mol. The topological polar surface area (TPSA) is 26.0 Å². The first-order valence-electron chi connectivity index (χ1n) is 7.29. The zero-order valence-electron chi connectivity index (χ0n) is 12.6. The Labute approximate surface area is 140 Å². The van der Waals surface area contributed by atoms with Crippen molar-refractivity contribution in [1.82, 2.24) is 0 Å². The quantitative estimate of drug-likeness (QED) is 0.736. The minimum absolute atomic E-state index is 0.165. The molecule has 0 aromatic heterocycles. The lowest BCUT2D eigenvalue weighted by Gasteiger charge is -2.24. The number of thioether (sulfide) groups is 1. The van der Waals surface area contributed by atoms with Crippen LogP contribution < -0.4 is 5.73 Å². The van der Waals surface area contributed by atoms with Gasteiger partial charge in [-0.1, -0.05) is 70.9 Å². The number of benzene rings is 2. The Kier molecular flexibility index (Phi) is 6.34. The lowest BCUT2D eigenvalue weighted by Crippen LogP contribution is -2.26. The van der Waals surface area contributed by atoms with Gasteiger partial charge in [-0.25, -0.2) is 0 Å². The predicted octanol–water partition coefficient (Wildman–Crippen LogP) is 5.47. The highest BCUT2D eigenvalue weighted by Gasteiger charge is 2.21. The number of hydrogen-bond acceptors (Lipinski definition) is 2. The molecule has 0 spiro atoms. The van der Waals surface area contributed by atoms with Crippen molar-refractivity contribution in [3.05, 3.63) is 69.7 Å². The molecule has 0 bridgehead atoms. The maximum absolute atomic E-state index is 6.37. The van der Waals surface area contributed by atoms with Gasteiger partial charge < -0.3 is 5.73 Å². The fourth-order valence-corrected chi connectivity index (χ4v) is 4.41. The smallest absolute Gasteiger partial charge is 0.0462 e. The first kappa shape index (κ1) is 16.6. The van der Waals surface area contributed by atoms with Crippen molar-refractivity contribution >= 4 is 27.7 Å². The van der Waals surface area contributed by atoms with Gasteiger partial charge in [0.25, 0.3) is 0 Å². The van der Waals surface area contributed by atoms with Crippen LogP contribution in [0.2, 0.25) is 0 Å². The van der Waals surface area contributed by atoms with E-state index in [9.17, 15) is 0 Å². The molecular formula is C18H22BrNS. The van der Waals surface area contributed by atoms with E-state index in [1.54, 1.807) is 0 Å². The molecule has 0 saturated carbocycles. The molecule has 2 atom stereocenters. The minimum atomic E-state index is 0.165. The number of rotatable bonds is 6. The van der Waals surface area contributed by atoms with Gasteiger partial charge in [-0.05, 0) is 30.5 Å². The third-order valence-electron chi connectivity index (χ3n) is 3.58. The van der Waals surface area contributed by atoms with Crippen LogP contribution in [-0.4, -0.2) is 6.04 Å². The van der Waals surface area contributed by atoms with Crippen molar-refractivity contribution in [2.24, 2.45) is 5.73 Å². The SMILES string of the molecule is CCC(N)C(SCc1cccc(C)c1)c1ccccc1Br. The molecule has 2 unspecified atom stereocenters. The second-order valence-corrected chi connectivity index (χ2v) is 7.30. The zero-order chi connectivity index (χ0) is 15.2. The van der Waals surface area contributed by atoms with Crippen molar-refractivity contribution in [2.75, 3.05) is 0 Å². The summed E-state index contributed by atoms with van der Waals surface area (Å²) < 4.78 is 1.15. The van der Waals surface area contributed by atoms with E-state index >= 15 is 0 Å². The van der Waals surface area contributed by atoms with Crippen LogP contribution in [0.15, 0.2) is 53.0 Å². The third-order valence-corrected chi connectivity index (χ3v) is 5.77. The molecule has 0 amide bonds. The second kappa shape index (κ2) is 8.02. The van der Waals surface area contributed by atoms with Crippen LogP contribution in [0.3, 0.4) is 0 Å². The molecule has 0 radical (unpaired) electrons. The summed E-state index contributed by atoms with van der Waals surface area (Å²) in [6.45, 7) is 4.29. The molecule has 2 aromatic rings. The first-order chi connectivity index (χ1) is 10.1. The molecule has 2 rings (SSSR count). The summed E-state index contributed by atoms with van der Waals surface area (Å²) in [5.41, 5.74) is 10.3. The molecule has 112 valence electrons. The van der Waals surface area contributed by atoms with Crippen LogP contribution in [-0.2, 0) is 5.75 Å². The van der Waals surface area contributed by atoms with Gasteiger partial charge >= 0.3 is 0 Å². The minimum Gasteiger partial charge on any atom is -0.326 e. The molecule has 21 heavy (non-hydrogen) atoms. The van der Waals surface area contributed by atoms with E-state index in [1.807, 2.05) is 17.8 Å². The van der Waals surface area contributed by atoms with Crippen molar-refractivity contribution in [1.29, 1.82) is 0 Å². The highest BCUT2D eigenvalue weighted by Crippen LogP contribution is 2.38. The summed E-state index contributed by atoms with van der Waals surface area (Å²) in [4.78, 5) is 0. The summed E-state index contributed by atoms with van der Waals surface area (Å²) in [6.07, 6.45) is 0.979. The van der Waals surface area contributed by atoms with Crippen LogP contribution in [0.5, 0.6) is 0 Å². The standard InChI is InChI=1S/C18H22BrNS/c1-3-17(20)18(15-9-4-5-10-16(15)19)21-12-14-8-6-7-13(2)11-14/h4-11,17-18H,3,12,20H2,1-2H3. The lowest BCUT2D eigenvalue weighted by atomic mass is 10.0. The van der Waals surface area contributed by atoms with Gasteiger partial charge in [-0.15, -0.1) is 11.8 Å². The first-order valence-corrected chi connectivity index (χ1v) is 9.13. The van der Waals surface area contributed by atoms with Gasteiger partial charge in [-0.2, -0.15) is 0 Å². The molecule has 0 aliphatic rings. The van der Waals surface area contributed by atoms with Crippen LogP contribution in [0.25, 0.3) is 0 Å². The number of halogens is 1.